The highest BCUT2D eigenvalue weighted by Gasteiger charge is 2.09. The van der Waals surface area contributed by atoms with Crippen LogP contribution in [0.2, 0.25) is 0 Å². The number of carbonyl (C=O) groups excluding carboxylic acids is 1. The molecule has 2 aromatic rings. The van der Waals surface area contributed by atoms with Crippen LogP contribution in [0.15, 0.2) is 54.6 Å². The lowest BCUT2D eigenvalue weighted by Gasteiger charge is -2.21. The molecule has 0 saturated carbocycles. The van der Waals surface area contributed by atoms with Crippen LogP contribution in [0.1, 0.15) is 12.0 Å². The van der Waals surface area contributed by atoms with Crippen LogP contribution in [-0.4, -0.2) is 30.4 Å². The van der Waals surface area contributed by atoms with Gasteiger partial charge in [-0.3, -0.25) is 9.69 Å². The number of benzene rings is 2. The van der Waals surface area contributed by atoms with Gasteiger partial charge >= 0.3 is 0 Å². The van der Waals surface area contributed by atoms with Crippen molar-refractivity contribution in [1.29, 1.82) is 0 Å². The Morgan fingerprint density at radius 1 is 1.09 bits per heavy atom. The second kappa shape index (κ2) is 9.02. The third-order valence-corrected chi connectivity index (χ3v) is 3.46. The maximum atomic E-state index is 13.1. The van der Waals surface area contributed by atoms with E-state index in [1.165, 1.54) is 17.7 Å². The van der Waals surface area contributed by atoms with Gasteiger partial charge in [0.1, 0.15) is 5.82 Å². The van der Waals surface area contributed by atoms with Crippen molar-refractivity contribution in [2.24, 2.45) is 5.73 Å². The van der Waals surface area contributed by atoms with Crippen molar-refractivity contribution in [1.82, 2.24) is 4.90 Å². The minimum absolute atomic E-state index is 0.134. The summed E-state index contributed by atoms with van der Waals surface area (Å²) < 4.78 is 13.1. The number of halogens is 1. The van der Waals surface area contributed by atoms with E-state index in [4.69, 9.17) is 5.73 Å². The molecule has 0 aromatic heterocycles. The van der Waals surface area contributed by atoms with Crippen molar-refractivity contribution in [3.8, 4) is 0 Å². The van der Waals surface area contributed by atoms with Gasteiger partial charge in [-0.25, -0.2) is 4.39 Å². The lowest BCUT2D eigenvalue weighted by Crippen LogP contribution is -2.32. The lowest BCUT2D eigenvalue weighted by atomic mass is 10.2. The van der Waals surface area contributed by atoms with E-state index in [1.807, 2.05) is 18.2 Å². The number of amides is 1. The molecule has 0 saturated heterocycles. The van der Waals surface area contributed by atoms with Gasteiger partial charge in [-0.05, 0) is 23.8 Å². The van der Waals surface area contributed by atoms with E-state index in [0.717, 1.165) is 13.1 Å². The molecule has 2 aromatic carbocycles. The summed E-state index contributed by atoms with van der Waals surface area (Å²) in [6.07, 6.45) is 0.337. The summed E-state index contributed by atoms with van der Waals surface area (Å²) in [6.45, 7) is 2.62. The van der Waals surface area contributed by atoms with E-state index in [0.29, 0.717) is 25.2 Å². The van der Waals surface area contributed by atoms with Crippen molar-refractivity contribution in [2.45, 2.75) is 13.0 Å². The average molecular weight is 315 g/mol. The zero-order valence-corrected chi connectivity index (χ0v) is 13.0. The molecule has 1 amide bonds. The number of nitrogens with two attached hydrogens (primary N) is 1. The predicted molar refractivity (Wildman–Crippen MR) is 90.4 cm³/mol. The average Bonchev–Trinajstić information content (AvgIpc) is 2.54. The molecule has 3 N–H and O–H groups in total. The van der Waals surface area contributed by atoms with Crippen molar-refractivity contribution in [3.05, 3.63) is 66.0 Å². The Labute approximate surface area is 136 Å². The van der Waals surface area contributed by atoms with Crippen LogP contribution in [0, 0.1) is 5.82 Å². The van der Waals surface area contributed by atoms with Gasteiger partial charge in [0.15, 0.2) is 0 Å². The molecular formula is C18H22FN3O. The molecule has 0 unspecified atom stereocenters. The van der Waals surface area contributed by atoms with Crippen molar-refractivity contribution in [2.75, 3.05) is 25.0 Å². The van der Waals surface area contributed by atoms with Gasteiger partial charge in [0, 0.05) is 38.3 Å². The molecule has 2 rings (SSSR count). The smallest absolute Gasteiger partial charge is 0.225 e. The van der Waals surface area contributed by atoms with Gasteiger partial charge in [-0.1, -0.05) is 36.4 Å². The summed E-state index contributed by atoms with van der Waals surface area (Å²) in [5.41, 5.74) is 7.31. The van der Waals surface area contributed by atoms with Gasteiger partial charge in [0.05, 0.1) is 0 Å². The van der Waals surface area contributed by atoms with Gasteiger partial charge in [-0.2, -0.15) is 0 Å². The number of hydrogen-bond donors (Lipinski definition) is 2. The zero-order chi connectivity index (χ0) is 16.5. The SMILES string of the molecule is NCCN(CCC(=O)Nc1cccc(F)c1)Cc1ccccc1. The maximum absolute atomic E-state index is 13.1. The minimum atomic E-state index is -0.364. The minimum Gasteiger partial charge on any atom is -0.329 e. The molecule has 5 heteroatoms. The third kappa shape index (κ3) is 6.18. The number of nitrogens with zero attached hydrogens (tertiary/aromatic N) is 1. The summed E-state index contributed by atoms with van der Waals surface area (Å²) in [4.78, 5) is 14.1. The highest BCUT2D eigenvalue weighted by molar-refractivity contribution is 5.90. The number of carbonyl (C=O) groups is 1. The summed E-state index contributed by atoms with van der Waals surface area (Å²) in [6, 6.07) is 16.0. The fourth-order valence-electron chi connectivity index (χ4n) is 2.34. The largest absolute Gasteiger partial charge is 0.329 e. The van der Waals surface area contributed by atoms with Crippen molar-refractivity contribution < 1.29 is 9.18 Å². The van der Waals surface area contributed by atoms with E-state index >= 15 is 0 Å². The summed E-state index contributed by atoms with van der Waals surface area (Å²) in [5, 5.41) is 2.71. The van der Waals surface area contributed by atoms with Crippen LogP contribution in [0.5, 0.6) is 0 Å². The second-order valence-electron chi connectivity index (χ2n) is 5.36. The molecule has 4 nitrogen and oxygen atoms in total. The lowest BCUT2D eigenvalue weighted by molar-refractivity contribution is -0.116. The summed E-state index contributed by atoms with van der Waals surface area (Å²) in [5.74, 6) is -0.498. The van der Waals surface area contributed by atoms with E-state index in [-0.39, 0.29) is 11.7 Å². The van der Waals surface area contributed by atoms with Crippen molar-refractivity contribution in [3.63, 3.8) is 0 Å². The number of hydrogen-bond acceptors (Lipinski definition) is 3. The quantitative estimate of drug-likeness (QED) is 0.787. The van der Waals surface area contributed by atoms with E-state index < -0.39 is 0 Å². The normalized spacial score (nSPS) is 10.7. The van der Waals surface area contributed by atoms with Crippen LogP contribution in [0.25, 0.3) is 0 Å². The molecule has 0 aliphatic carbocycles. The summed E-state index contributed by atoms with van der Waals surface area (Å²) >= 11 is 0. The molecule has 0 bridgehead atoms. The molecule has 0 aliphatic rings. The molecule has 0 radical (unpaired) electrons. The van der Waals surface area contributed by atoms with Crippen LogP contribution >= 0.6 is 0 Å². The summed E-state index contributed by atoms with van der Waals surface area (Å²) in [7, 11) is 0. The van der Waals surface area contributed by atoms with E-state index in [1.54, 1.807) is 12.1 Å². The van der Waals surface area contributed by atoms with Crippen LogP contribution in [-0.2, 0) is 11.3 Å². The molecule has 0 fully saturated rings. The Morgan fingerprint density at radius 2 is 1.87 bits per heavy atom. The van der Waals surface area contributed by atoms with Gasteiger partial charge < -0.3 is 11.1 Å². The fourth-order valence-corrected chi connectivity index (χ4v) is 2.34. The molecule has 122 valence electrons. The molecule has 0 atom stereocenters. The van der Waals surface area contributed by atoms with Crippen LogP contribution in [0.3, 0.4) is 0 Å². The highest BCUT2D eigenvalue weighted by Crippen LogP contribution is 2.10. The first-order valence-electron chi connectivity index (χ1n) is 7.69. The monoisotopic (exact) mass is 315 g/mol. The Kier molecular flexibility index (Phi) is 6.72. The molecule has 23 heavy (non-hydrogen) atoms. The van der Waals surface area contributed by atoms with Gasteiger partial charge in [0.2, 0.25) is 5.91 Å². The Hall–Kier alpha value is -2.24. The van der Waals surface area contributed by atoms with E-state index in [9.17, 15) is 9.18 Å². The topological polar surface area (TPSA) is 58.4 Å². The Morgan fingerprint density at radius 3 is 2.57 bits per heavy atom. The van der Waals surface area contributed by atoms with Crippen molar-refractivity contribution >= 4 is 11.6 Å². The molecular weight excluding hydrogens is 293 g/mol. The Bertz CT molecular complexity index is 619. The zero-order valence-electron chi connectivity index (χ0n) is 13.0. The number of anilines is 1. The first kappa shape index (κ1) is 17.1. The molecule has 0 spiro atoms. The third-order valence-electron chi connectivity index (χ3n) is 3.46. The Balaban J connectivity index is 1.84. The maximum Gasteiger partial charge on any atom is 0.225 e. The predicted octanol–water partition coefficient (Wildman–Crippen LogP) is 2.62. The first-order valence-corrected chi connectivity index (χ1v) is 7.69. The van der Waals surface area contributed by atoms with Gasteiger partial charge in [0.25, 0.3) is 0 Å². The second-order valence-corrected chi connectivity index (χ2v) is 5.36. The fraction of sp³-hybridized carbons (Fsp3) is 0.278. The standard InChI is InChI=1S/C18H22FN3O/c19-16-7-4-8-17(13-16)21-18(23)9-11-22(12-10-20)14-15-5-2-1-3-6-15/h1-8,13H,9-12,14,20H2,(H,21,23). The van der Waals surface area contributed by atoms with Crippen LogP contribution in [0.4, 0.5) is 10.1 Å². The molecule has 0 heterocycles. The van der Waals surface area contributed by atoms with E-state index in [2.05, 4.69) is 22.3 Å². The van der Waals surface area contributed by atoms with Crippen LogP contribution < -0.4 is 11.1 Å². The molecule has 0 aliphatic heterocycles. The number of nitrogens with one attached hydrogen (secondary N) is 1. The highest BCUT2D eigenvalue weighted by atomic mass is 19.1. The first-order chi connectivity index (χ1) is 11.2. The van der Waals surface area contributed by atoms with Gasteiger partial charge in [-0.15, -0.1) is 0 Å². The number of rotatable bonds is 8.